The first-order valence-electron chi connectivity index (χ1n) is 7.21. The zero-order valence-electron chi connectivity index (χ0n) is 12.2. The van der Waals surface area contributed by atoms with Crippen LogP contribution in [0.25, 0.3) is 0 Å². The van der Waals surface area contributed by atoms with Gasteiger partial charge in [-0.3, -0.25) is 19.3 Å². The minimum Gasteiger partial charge on any atom is -0.341 e. The van der Waals surface area contributed by atoms with Crippen LogP contribution in [0.2, 0.25) is 0 Å². The van der Waals surface area contributed by atoms with E-state index in [-0.39, 0.29) is 30.3 Å². The Kier molecular flexibility index (Phi) is 3.27. The first-order valence-corrected chi connectivity index (χ1v) is 7.21. The third kappa shape index (κ3) is 2.33. The predicted octanol–water partition coefficient (Wildman–Crippen LogP) is 1.54. The van der Waals surface area contributed by atoms with Crippen molar-refractivity contribution in [2.24, 2.45) is 5.92 Å². The van der Waals surface area contributed by atoms with Gasteiger partial charge in [0.15, 0.2) is 0 Å². The van der Waals surface area contributed by atoms with Crippen LogP contribution in [0.1, 0.15) is 40.5 Å². The summed E-state index contributed by atoms with van der Waals surface area (Å²) in [7, 11) is 1.74. The van der Waals surface area contributed by atoms with Crippen LogP contribution in [0.5, 0.6) is 0 Å². The number of amides is 3. The van der Waals surface area contributed by atoms with Gasteiger partial charge in [0, 0.05) is 13.1 Å². The molecule has 1 heterocycles. The molecule has 3 rings (SSSR count). The lowest BCUT2D eigenvalue weighted by Gasteiger charge is -2.26. The average molecular weight is 286 g/mol. The van der Waals surface area contributed by atoms with Crippen molar-refractivity contribution in [3.8, 4) is 0 Å². The lowest BCUT2D eigenvalue weighted by Crippen LogP contribution is -2.44. The van der Waals surface area contributed by atoms with Crippen LogP contribution in [0.3, 0.4) is 0 Å². The Morgan fingerprint density at radius 1 is 1.24 bits per heavy atom. The molecular weight excluding hydrogens is 268 g/mol. The van der Waals surface area contributed by atoms with E-state index in [1.54, 1.807) is 36.2 Å². The number of nitrogens with zero attached hydrogens (tertiary/aromatic N) is 2. The van der Waals surface area contributed by atoms with Gasteiger partial charge in [-0.25, -0.2) is 0 Å². The zero-order valence-corrected chi connectivity index (χ0v) is 12.2. The molecule has 3 amide bonds. The molecule has 1 unspecified atom stereocenters. The number of hydrogen-bond donors (Lipinski definition) is 0. The maximum atomic E-state index is 12.3. The monoisotopic (exact) mass is 286 g/mol. The van der Waals surface area contributed by atoms with Crippen LogP contribution in [-0.4, -0.2) is 47.2 Å². The molecule has 1 saturated carbocycles. The predicted molar refractivity (Wildman–Crippen MR) is 76.8 cm³/mol. The highest BCUT2D eigenvalue weighted by molar-refractivity contribution is 6.22. The van der Waals surface area contributed by atoms with E-state index in [0.29, 0.717) is 17.0 Å². The molecule has 0 radical (unpaired) electrons. The summed E-state index contributed by atoms with van der Waals surface area (Å²) in [6.45, 7) is 1.83. The van der Waals surface area contributed by atoms with Gasteiger partial charge in [-0.2, -0.15) is 0 Å². The quantitative estimate of drug-likeness (QED) is 0.789. The van der Waals surface area contributed by atoms with Gasteiger partial charge in [0.05, 0.1) is 11.1 Å². The summed E-state index contributed by atoms with van der Waals surface area (Å²) in [5.41, 5.74) is 0.765. The van der Waals surface area contributed by atoms with Crippen LogP contribution in [0.15, 0.2) is 24.3 Å². The van der Waals surface area contributed by atoms with E-state index >= 15 is 0 Å². The molecule has 1 aliphatic carbocycles. The number of fused-ring (bicyclic) bond motifs is 1. The van der Waals surface area contributed by atoms with Gasteiger partial charge in [0.2, 0.25) is 5.91 Å². The summed E-state index contributed by atoms with van der Waals surface area (Å²) in [5, 5.41) is 0. The third-order valence-corrected chi connectivity index (χ3v) is 4.48. The Hall–Kier alpha value is -2.17. The molecule has 0 saturated heterocycles. The van der Waals surface area contributed by atoms with Crippen molar-refractivity contribution in [3.05, 3.63) is 35.4 Å². The fourth-order valence-electron chi connectivity index (χ4n) is 2.75. The number of likely N-dealkylation sites (N-methyl/N-ethyl adjacent to an activating group) is 1. The summed E-state index contributed by atoms with van der Waals surface area (Å²) < 4.78 is 0. The van der Waals surface area contributed by atoms with Crippen LogP contribution >= 0.6 is 0 Å². The average Bonchev–Trinajstić information content (AvgIpc) is 3.31. The van der Waals surface area contributed by atoms with Crippen molar-refractivity contribution >= 4 is 17.7 Å². The van der Waals surface area contributed by atoms with Gasteiger partial charge >= 0.3 is 0 Å². The second kappa shape index (κ2) is 4.98. The molecule has 1 aromatic rings. The molecule has 5 heteroatoms. The molecule has 1 aromatic carbocycles. The first kappa shape index (κ1) is 13.8. The van der Waals surface area contributed by atoms with Crippen LogP contribution < -0.4 is 0 Å². The van der Waals surface area contributed by atoms with Crippen LogP contribution in [-0.2, 0) is 4.79 Å². The molecule has 110 valence electrons. The molecule has 2 aliphatic rings. The van der Waals surface area contributed by atoms with E-state index in [0.717, 1.165) is 17.7 Å². The smallest absolute Gasteiger partial charge is 0.262 e. The van der Waals surface area contributed by atoms with Gasteiger partial charge in [-0.05, 0) is 37.8 Å². The highest BCUT2D eigenvalue weighted by Crippen LogP contribution is 2.34. The lowest BCUT2D eigenvalue weighted by molar-refractivity contribution is -0.132. The number of imide groups is 1. The third-order valence-electron chi connectivity index (χ3n) is 4.48. The Labute approximate surface area is 123 Å². The number of hydrogen-bond acceptors (Lipinski definition) is 3. The fraction of sp³-hybridized carbons (Fsp3) is 0.438. The standard InChI is InChI=1S/C16H18N2O3/c1-10(11-7-8-11)17(2)14(19)9-18-15(20)12-5-3-4-6-13(12)16(18)21/h3-6,10-11H,7-9H2,1-2H3. The molecule has 5 nitrogen and oxygen atoms in total. The van der Waals surface area contributed by atoms with Gasteiger partial charge in [-0.1, -0.05) is 12.1 Å². The summed E-state index contributed by atoms with van der Waals surface area (Å²) >= 11 is 0. The van der Waals surface area contributed by atoms with E-state index in [1.807, 2.05) is 6.92 Å². The fourth-order valence-corrected chi connectivity index (χ4v) is 2.75. The number of carbonyl (C=O) groups excluding carboxylic acids is 3. The van der Waals surface area contributed by atoms with Crippen molar-refractivity contribution in [2.45, 2.75) is 25.8 Å². The minimum atomic E-state index is -0.378. The molecule has 1 aliphatic heterocycles. The number of benzene rings is 1. The number of carbonyl (C=O) groups is 3. The molecule has 1 atom stereocenters. The van der Waals surface area contributed by atoms with Gasteiger partial charge in [0.25, 0.3) is 11.8 Å². The van der Waals surface area contributed by atoms with E-state index in [9.17, 15) is 14.4 Å². The molecule has 21 heavy (non-hydrogen) atoms. The van der Waals surface area contributed by atoms with Gasteiger partial charge < -0.3 is 4.90 Å². The zero-order chi connectivity index (χ0) is 15.1. The Morgan fingerprint density at radius 2 is 1.76 bits per heavy atom. The Balaban J connectivity index is 1.73. The number of rotatable bonds is 4. The SMILES string of the molecule is CC(C1CC1)N(C)C(=O)CN1C(=O)c2ccccc2C1=O. The van der Waals surface area contributed by atoms with Crippen LogP contribution in [0, 0.1) is 5.92 Å². The normalized spacial score (nSPS) is 18.7. The Morgan fingerprint density at radius 3 is 2.24 bits per heavy atom. The molecule has 0 bridgehead atoms. The molecule has 0 spiro atoms. The first-order chi connectivity index (χ1) is 10.0. The van der Waals surface area contributed by atoms with Crippen molar-refractivity contribution in [1.29, 1.82) is 0 Å². The summed E-state index contributed by atoms with van der Waals surface area (Å²) in [5.74, 6) is -0.391. The maximum Gasteiger partial charge on any atom is 0.262 e. The topological polar surface area (TPSA) is 57.7 Å². The van der Waals surface area contributed by atoms with Crippen molar-refractivity contribution in [3.63, 3.8) is 0 Å². The van der Waals surface area contributed by atoms with E-state index in [2.05, 4.69) is 0 Å². The maximum absolute atomic E-state index is 12.3. The summed E-state index contributed by atoms with van der Waals surface area (Å²) in [4.78, 5) is 39.4. The highest BCUT2D eigenvalue weighted by atomic mass is 16.2. The molecule has 0 aromatic heterocycles. The highest BCUT2D eigenvalue weighted by Gasteiger charge is 2.38. The minimum absolute atomic E-state index is 0.160. The van der Waals surface area contributed by atoms with Crippen molar-refractivity contribution < 1.29 is 14.4 Å². The molecule has 0 N–H and O–H groups in total. The second-order valence-corrected chi connectivity index (χ2v) is 5.82. The van der Waals surface area contributed by atoms with E-state index in [1.165, 1.54) is 0 Å². The summed E-state index contributed by atoms with van der Waals surface area (Å²) in [6, 6.07) is 6.84. The molecular formula is C16H18N2O3. The van der Waals surface area contributed by atoms with Crippen molar-refractivity contribution in [1.82, 2.24) is 9.80 Å². The van der Waals surface area contributed by atoms with E-state index < -0.39 is 0 Å². The summed E-state index contributed by atoms with van der Waals surface area (Å²) in [6.07, 6.45) is 2.29. The van der Waals surface area contributed by atoms with Crippen LogP contribution in [0.4, 0.5) is 0 Å². The largest absolute Gasteiger partial charge is 0.341 e. The second-order valence-electron chi connectivity index (χ2n) is 5.82. The molecule has 1 fully saturated rings. The van der Waals surface area contributed by atoms with Crippen molar-refractivity contribution in [2.75, 3.05) is 13.6 Å². The lowest BCUT2D eigenvalue weighted by atomic mass is 10.1. The van der Waals surface area contributed by atoms with Gasteiger partial charge in [-0.15, -0.1) is 0 Å². The van der Waals surface area contributed by atoms with E-state index in [4.69, 9.17) is 0 Å². The Bertz CT molecular complexity index is 587. The van der Waals surface area contributed by atoms with Gasteiger partial charge in [0.1, 0.15) is 6.54 Å².